The molecule has 2 saturated heterocycles. The van der Waals surface area contributed by atoms with Gasteiger partial charge in [-0.15, -0.1) is 0 Å². The van der Waals surface area contributed by atoms with Crippen LogP contribution in [0.3, 0.4) is 0 Å². The monoisotopic (exact) mass is 802 g/mol. The van der Waals surface area contributed by atoms with Crippen molar-refractivity contribution in [3.63, 3.8) is 0 Å². The fourth-order valence-electron chi connectivity index (χ4n) is 7.89. The molecule has 2 aromatic rings. The summed E-state index contributed by atoms with van der Waals surface area (Å²) in [5.41, 5.74) is 1.09. The van der Waals surface area contributed by atoms with Gasteiger partial charge in [0.25, 0.3) is 0 Å². The summed E-state index contributed by atoms with van der Waals surface area (Å²) in [4.78, 5) is 71.8. The number of unbranched alkanes of at least 4 members (excludes halogenated alkanes) is 4. The average molecular weight is 802 g/mol. The second-order valence-corrected chi connectivity index (χ2v) is 17.8. The number of epoxide rings is 1. The van der Waals surface area contributed by atoms with E-state index in [1.807, 2.05) is 88.4 Å². The van der Waals surface area contributed by atoms with E-state index in [1.54, 1.807) is 6.92 Å². The van der Waals surface area contributed by atoms with Gasteiger partial charge in [-0.25, -0.2) is 0 Å². The number of ketones is 3. The molecule has 0 saturated carbocycles. The van der Waals surface area contributed by atoms with E-state index in [0.29, 0.717) is 45.1 Å². The number of rotatable bonds is 28. The van der Waals surface area contributed by atoms with Crippen LogP contribution >= 0.6 is 0 Å². The number of nitrogens with zero attached hydrogens (tertiary/aromatic N) is 1. The molecule has 2 fully saturated rings. The molecule has 58 heavy (non-hydrogen) atoms. The topological polar surface area (TPSA) is 134 Å². The van der Waals surface area contributed by atoms with Crippen molar-refractivity contribution in [3.8, 4) is 0 Å². The van der Waals surface area contributed by atoms with Gasteiger partial charge in [0.1, 0.15) is 11.4 Å². The van der Waals surface area contributed by atoms with Gasteiger partial charge >= 0.3 is 0 Å². The Balaban J connectivity index is 1.41. The van der Waals surface area contributed by atoms with Gasteiger partial charge in [0.05, 0.1) is 31.9 Å². The van der Waals surface area contributed by atoms with E-state index in [2.05, 4.69) is 15.5 Å². The second-order valence-electron chi connectivity index (χ2n) is 17.8. The van der Waals surface area contributed by atoms with Crippen molar-refractivity contribution in [1.82, 2.24) is 15.5 Å². The highest BCUT2D eigenvalue weighted by molar-refractivity contribution is 5.98. The minimum Gasteiger partial charge on any atom is -0.379 e. The van der Waals surface area contributed by atoms with Gasteiger partial charge < -0.3 is 20.1 Å². The highest BCUT2D eigenvalue weighted by atomic mass is 16.6. The quantitative estimate of drug-likeness (QED) is 0.0688. The minimum absolute atomic E-state index is 0.0730. The number of amides is 2. The maximum atomic E-state index is 14.3. The van der Waals surface area contributed by atoms with E-state index >= 15 is 0 Å². The van der Waals surface area contributed by atoms with Crippen LogP contribution in [0.25, 0.3) is 0 Å². The zero-order chi connectivity index (χ0) is 41.9. The standard InChI is InChI=1S/C48H71N3O7/c1-35(2)29-42(44(53)33-40(31-38-19-13-10-14-20-38)47(56)50-43(30-36(3)4)45(54)48(5)34-58-48)49-46(55)39(23-22-37-17-11-9-12-18-37)32-41(52)21-15-7-6-8-16-24-51-25-27-57-28-26-51/h9-14,17-20,35-36,39-40,42-43H,6-8,15-16,21-34H2,1-5H3,(H,49,55)(H,50,56)/t39?,40-,42+,43+,48-/m1/s1. The molecule has 0 spiro atoms. The van der Waals surface area contributed by atoms with Gasteiger partial charge in [-0.3, -0.25) is 28.9 Å². The summed E-state index contributed by atoms with van der Waals surface area (Å²) in [5, 5.41) is 6.08. The lowest BCUT2D eigenvalue weighted by atomic mass is 9.87. The van der Waals surface area contributed by atoms with Crippen LogP contribution in [-0.4, -0.2) is 91.2 Å². The van der Waals surface area contributed by atoms with Gasteiger partial charge in [0.15, 0.2) is 11.6 Å². The predicted molar refractivity (Wildman–Crippen MR) is 228 cm³/mol. The van der Waals surface area contributed by atoms with Crippen LogP contribution in [0.1, 0.15) is 116 Å². The molecule has 10 nitrogen and oxygen atoms in total. The van der Waals surface area contributed by atoms with Crippen molar-refractivity contribution in [2.24, 2.45) is 23.7 Å². The first-order valence-electron chi connectivity index (χ1n) is 22.0. The number of hydrogen-bond acceptors (Lipinski definition) is 8. The molecule has 10 heteroatoms. The third-order valence-electron chi connectivity index (χ3n) is 11.5. The van der Waals surface area contributed by atoms with Gasteiger partial charge in [-0.2, -0.15) is 0 Å². The third kappa shape index (κ3) is 16.9. The number of Topliss-reactive ketones (excluding diaryl/α,β-unsaturated/α-hetero) is 3. The van der Waals surface area contributed by atoms with Crippen molar-refractivity contribution in [2.75, 3.05) is 39.5 Å². The van der Waals surface area contributed by atoms with Gasteiger partial charge in [0, 0.05) is 44.2 Å². The molecule has 2 aliphatic heterocycles. The normalized spacial score (nSPS) is 18.9. The van der Waals surface area contributed by atoms with Crippen LogP contribution in [0.5, 0.6) is 0 Å². The van der Waals surface area contributed by atoms with E-state index in [4.69, 9.17) is 9.47 Å². The Kier molecular flexibility index (Phi) is 19.7. The summed E-state index contributed by atoms with van der Waals surface area (Å²) in [5.74, 6) is -2.08. The van der Waals surface area contributed by atoms with E-state index in [0.717, 1.165) is 76.1 Å². The van der Waals surface area contributed by atoms with E-state index in [1.165, 1.54) is 0 Å². The van der Waals surface area contributed by atoms with Crippen LogP contribution in [0, 0.1) is 23.7 Å². The van der Waals surface area contributed by atoms with Crippen LogP contribution in [0.4, 0.5) is 0 Å². The molecule has 2 N–H and O–H groups in total. The van der Waals surface area contributed by atoms with Crippen molar-refractivity contribution in [3.05, 3.63) is 71.8 Å². The Morgan fingerprint density at radius 3 is 1.88 bits per heavy atom. The Morgan fingerprint density at radius 1 is 0.707 bits per heavy atom. The average Bonchev–Trinajstić information content (AvgIpc) is 3.96. The zero-order valence-electron chi connectivity index (χ0n) is 36.0. The number of benzene rings is 2. The maximum absolute atomic E-state index is 14.3. The smallest absolute Gasteiger partial charge is 0.224 e. The molecule has 320 valence electrons. The molecule has 2 amide bonds. The lowest BCUT2D eigenvalue weighted by molar-refractivity contribution is -0.135. The number of aryl methyl sites for hydroxylation is 1. The number of hydrogen-bond donors (Lipinski definition) is 2. The number of morpholine rings is 1. The Morgan fingerprint density at radius 2 is 1.26 bits per heavy atom. The lowest BCUT2D eigenvalue weighted by Crippen LogP contribution is -2.50. The molecule has 4 rings (SSSR count). The summed E-state index contributed by atoms with van der Waals surface area (Å²) in [6, 6.07) is 17.9. The van der Waals surface area contributed by atoms with E-state index in [9.17, 15) is 24.0 Å². The fourth-order valence-corrected chi connectivity index (χ4v) is 7.89. The Labute approximate surface area is 348 Å². The summed E-state index contributed by atoms with van der Waals surface area (Å²) in [6.45, 7) is 14.8. The number of nitrogens with one attached hydrogen (secondary N) is 2. The molecular weight excluding hydrogens is 731 g/mol. The SMILES string of the molecule is CC(C)C[C@H](NC(=O)C(CCc1ccccc1)CC(=O)CCCCCCCN1CCOCC1)C(=O)C[C@@H](Cc1ccccc1)C(=O)N[C@@H](CC(C)C)C(=O)[C@@]1(C)CO1. The molecule has 0 aliphatic carbocycles. The summed E-state index contributed by atoms with van der Waals surface area (Å²) < 4.78 is 10.9. The molecule has 2 aliphatic rings. The lowest BCUT2D eigenvalue weighted by Gasteiger charge is -2.27. The highest BCUT2D eigenvalue weighted by Gasteiger charge is 2.50. The minimum atomic E-state index is -0.897. The van der Waals surface area contributed by atoms with Crippen LogP contribution in [0.2, 0.25) is 0 Å². The van der Waals surface area contributed by atoms with Gasteiger partial charge in [0.2, 0.25) is 11.8 Å². The van der Waals surface area contributed by atoms with Crippen LogP contribution in [0.15, 0.2) is 60.7 Å². The van der Waals surface area contributed by atoms with Crippen LogP contribution < -0.4 is 10.6 Å². The number of carbonyl (C=O) groups is 5. The first-order valence-corrected chi connectivity index (χ1v) is 22.0. The molecule has 5 atom stereocenters. The number of ether oxygens (including phenoxy) is 2. The van der Waals surface area contributed by atoms with E-state index in [-0.39, 0.29) is 53.8 Å². The zero-order valence-corrected chi connectivity index (χ0v) is 36.0. The molecule has 0 bridgehead atoms. The highest BCUT2D eigenvalue weighted by Crippen LogP contribution is 2.30. The third-order valence-corrected chi connectivity index (χ3v) is 11.5. The summed E-state index contributed by atoms with van der Waals surface area (Å²) >= 11 is 0. The first-order chi connectivity index (χ1) is 27.8. The second kappa shape index (κ2) is 24.4. The summed E-state index contributed by atoms with van der Waals surface area (Å²) in [6.07, 6.45) is 7.91. The molecule has 2 aromatic carbocycles. The van der Waals surface area contributed by atoms with Gasteiger partial charge in [-0.1, -0.05) is 108 Å². The molecule has 2 heterocycles. The van der Waals surface area contributed by atoms with E-state index < -0.39 is 29.5 Å². The molecule has 0 aromatic heterocycles. The Bertz CT molecular complexity index is 1570. The van der Waals surface area contributed by atoms with Crippen molar-refractivity contribution in [2.45, 2.75) is 136 Å². The number of carbonyl (C=O) groups excluding carboxylic acids is 5. The maximum Gasteiger partial charge on any atom is 0.224 e. The van der Waals surface area contributed by atoms with Crippen molar-refractivity contribution >= 4 is 29.2 Å². The van der Waals surface area contributed by atoms with Gasteiger partial charge in [-0.05, 0) is 81.4 Å². The molecule has 0 radical (unpaired) electrons. The summed E-state index contributed by atoms with van der Waals surface area (Å²) in [7, 11) is 0. The predicted octanol–water partition coefficient (Wildman–Crippen LogP) is 7.11. The Hall–Kier alpha value is -3.73. The molecule has 1 unspecified atom stereocenters. The largest absolute Gasteiger partial charge is 0.379 e. The first kappa shape index (κ1) is 47.0. The fraction of sp³-hybridized carbons (Fsp3) is 0.646. The molecular formula is C48H71N3O7. The van der Waals surface area contributed by atoms with Crippen molar-refractivity contribution in [1.29, 1.82) is 0 Å². The van der Waals surface area contributed by atoms with Crippen molar-refractivity contribution < 1.29 is 33.4 Å². The van der Waals surface area contributed by atoms with Crippen LogP contribution in [-0.2, 0) is 46.3 Å².